The average molecular weight is 266 g/mol. The van der Waals surface area contributed by atoms with Gasteiger partial charge < -0.3 is 0 Å². The van der Waals surface area contributed by atoms with Crippen molar-refractivity contribution in [1.29, 1.82) is 0 Å². The molecule has 0 spiro atoms. The van der Waals surface area contributed by atoms with Gasteiger partial charge in [0.15, 0.2) is 0 Å². The van der Waals surface area contributed by atoms with E-state index in [0.717, 1.165) is 19.3 Å². The standard InChI is InChI=1S/C12H26O6/c1-4-6-10-15-18-12(17-14-5-2)9-7-8-11(3)16-13/h11-13H,4-10H2,1-3H3. The van der Waals surface area contributed by atoms with Crippen molar-refractivity contribution in [1.82, 2.24) is 0 Å². The molecule has 0 aliphatic heterocycles. The lowest BCUT2D eigenvalue weighted by atomic mass is 10.2. The van der Waals surface area contributed by atoms with Gasteiger partial charge in [0, 0.05) is 6.42 Å². The van der Waals surface area contributed by atoms with Crippen LogP contribution in [0.5, 0.6) is 0 Å². The first kappa shape index (κ1) is 17.8. The number of hydrogen-bond acceptors (Lipinski definition) is 6. The van der Waals surface area contributed by atoms with E-state index in [-0.39, 0.29) is 6.10 Å². The third kappa shape index (κ3) is 10.9. The minimum atomic E-state index is -0.548. The van der Waals surface area contributed by atoms with E-state index in [9.17, 15) is 0 Å². The minimum Gasteiger partial charge on any atom is -0.252 e. The summed E-state index contributed by atoms with van der Waals surface area (Å²) in [7, 11) is 0. The highest BCUT2D eigenvalue weighted by molar-refractivity contribution is 4.50. The predicted molar refractivity (Wildman–Crippen MR) is 65.5 cm³/mol. The zero-order valence-electron chi connectivity index (χ0n) is 11.6. The van der Waals surface area contributed by atoms with Crippen molar-refractivity contribution in [2.45, 2.75) is 65.3 Å². The van der Waals surface area contributed by atoms with Crippen molar-refractivity contribution in [3.05, 3.63) is 0 Å². The van der Waals surface area contributed by atoms with E-state index in [1.807, 2.05) is 6.92 Å². The van der Waals surface area contributed by atoms with E-state index in [1.165, 1.54) is 0 Å². The molecule has 0 saturated heterocycles. The Morgan fingerprint density at radius 2 is 1.72 bits per heavy atom. The van der Waals surface area contributed by atoms with Gasteiger partial charge in [-0.3, -0.25) is 5.26 Å². The molecule has 110 valence electrons. The highest BCUT2D eigenvalue weighted by Gasteiger charge is 2.13. The highest BCUT2D eigenvalue weighted by atomic mass is 17.3. The summed E-state index contributed by atoms with van der Waals surface area (Å²) in [5.41, 5.74) is 0. The molecule has 0 aromatic heterocycles. The molecule has 1 N–H and O–H groups in total. The maximum atomic E-state index is 8.43. The SMILES string of the molecule is CCCCOOC(CCCC(C)OO)OOCC. The summed E-state index contributed by atoms with van der Waals surface area (Å²) in [6, 6.07) is 0. The monoisotopic (exact) mass is 266 g/mol. The van der Waals surface area contributed by atoms with Crippen molar-refractivity contribution in [2.24, 2.45) is 0 Å². The van der Waals surface area contributed by atoms with Crippen molar-refractivity contribution in [3.63, 3.8) is 0 Å². The molecule has 6 heteroatoms. The number of rotatable bonds is 13. The molecule has 0 fully saturated rings. The van der Waals surface area contributed by atoms with Crippen LogP contribution >= 0.6 is 0 Å². The summed E-state index contributed by atoms with van der Waals surface area (Å²) in [6.07, 6.45) is 3.34. The summed E-state index contributed by atoms with van der Waals surface area (Å²) >= 11 is 0. The molecule has 0 bridgehead atoms. The van der Waals surface area contributed by atoms with E-state index >= 15 is 0 Å². The Morgan fingerprint density at radius 3 is 2.33 bits per heavy atom. The first-order valence-corrected chi connectivity index (χ1v) is 6.61. The van der Waals surface area contributed by atoms with Gasteiger partial charge in [0.25, 0.3) is 0 Å². The summed E-state index contributed by atoms with van der Waals surface area (Å²) in [5.74, 6) is 0. The molecule has 0 rings (SSSR count). The van der Waals surface area contributed by atoms with E-state index in [2.05, 4.69) is 11.8 Å². The zero-order valence-corrected chi connectivity index (χ0v) is 11.6. The fourth-order valence-corrected chi connectivity index (χ4v) is 1.21. The van der Waals surface area contributed by atoms with Gasteiger partial charge in [-0.15, -0.1) is 0 Å². The van der Waals surface area contributed by atoms with Crippen LogP contribution < -0.4 is 0 Å². The van der Waals surface area contributed by atoms with Gasteiger partial charge in [-0.1, -0.05) is 13.3 Å². The molecule has 0 aromatic carbocycles. The molecular formula is C12H26O6. The molecule has 0 aliphatic carbocycles. The Labute approximate surface area is 109 Å². The fourth-order valence-electron chi connectivity index (χ4n) is 1.21. The molecule has 0 saturated carbocycles. The minimum absolute atomic E-state index is 0.196. The van der Waals surface area contributed by atoms with Crippen LogP contribution in [-0.4, -0.2) is 30.9 Å². The Bertz CT molecular complexity index is 167. The largest absolute Gasteiger partial charge is 0.252 e. The van der Waals surface area contributed by atoms with Gasteiger partial charge in [-0.2, -0.15) is 0 Å². The molecule has 2 unspecified atom stereocenters. The smallest absolute Gasteiger partial charge is 0.224 e. The van der Waals surface area contributed by atoms with Crippen LogP contribution in [0.3, 0.4) is 0 Å². The van der Waals surface area contributed by atoms with E-state index < -0.39 is 6.29 Å². The van der Waals surface area contributed by atoms with Crippen molar-refractivity contribution < 1.29 is 29.7 Å². The normalized spacial score (nSPS) is 14.7. The Hall–Kier alpha value is -0.240. The van der Waals surface area contributed by atoms with Gasteiger partial charge in [0.2, 0.25) is 6.29 Å². The first-order chi connectivity index (χ1) is 8.74. The van der Waals surface area contributed by atoms with E-state index in [0.29, 0.717) is 26.1 Å². The van der Waals surface area contributed by atoms with Gasteiger partial charge in [0.1, 0.15) is 0 Å². The van der Waals surface area contributed by atoms with Crippen LogP contribution in [0.1, 0.15) is 52.9 Å². The number of unbranched alkanes of at least 4 members (excludes halogenated alkanes) is 1. The third-order valence-electron chi connectivity index (χ3n) is 2.28. The van der Waals surface area contributed by atoms with Gasteiger partial charge in [-0.05, 0) is 33.1 Å². The average Bonchev–Trinajstić information content (AvgIpc) is 2.39. The molecular weight excluding hydrogens is 240 g/mol. The van der Waals surface area contributed by atoms with Crippen LogP contribution in [0.25, 0.3) is 0 Å². The first-order valence-electron chi connectivity index (χ1n) is 6.61. The molecule has 0 amide bonds. The van der Waals surface area contributed by atoms with E-state index in [1.54, 1.807) is 6.92 Å². The molecule has 18 heavy (non-hydrogen) atoms. The van der Waals surface area contributed by atoms with Gasteiger partial charge in [-0.25, -0.2) is 24.4 Å². The van der Waals surface area contributed by atoms with Crippen LogP contribution in [0.4, 0.5) is 0 Å². The Kier molecular flexibility index (Phi) is 13.0. The zero-order chi connectivity index (χ0) is 13.6. The highest BCUT2D eigenvalue weighted by Crippen LogP contribution is 2.11. The van der Waals surface area contributed by atoms with Crippen molar-refractivity contribution in [2.75, 3.05) is 13.2 Å². The second-order valence-corrected chi connectivity index (χ2v) is 4.05. The Balaban J connectivity index is 3.69. The summed E-state index contributed by atoms with van der Waals surface area (Å²) < 4.78 is 0. The molecule has 0 aromatic rings. The predicted octanol–water partition coefficient (Wildman–Crippen LogP) is 3.08. The van der Waals surface area contributed by atoms with Gasteiger partial charge in [0.05, 0.1) is 19.3 Å². The molecule has 0 heterocycles. The van der Waals surface area contributed by atoms with Crippen molar-refractivity contribution in [3.8, 4) is 0 Å². The Morgan fingerprint density at radius 1 is 1.00 bits per heavy atom. The molecule has 0 radical (unpaired) electrons. The lowest BCUT2D eigenvalue weighted by Gasteiger charge is -2.16. The van der Waals surface area contributed by atoms with Crippen LogP contribution in [0.15, 0.2) is 0 Å². The van der Waals surface area contributed by atoms with Crippen LogP contribution in [-0.2, 0) is 24.4 Å². The maximum Gasteiger partial charge on any atom is 0.224 e. The lowest BCUT2D eigenvalue weighted by Crippen LogP contribution is -2.19. The summed E-state index contributed by atoms with van der Waals surface area (Å²) in [6.45, 7) is 6.69. The molecule has 0 aliphatic rings. The van der Waals surface area contributed by atoms with Crippen LogP contribution in [0.2, 0.25) is 0 Å². The summed E-state index contributed by atoms with van der Waals surface area (Å²) in [5, 5.41) is 8.43. The quantitative estimate of drug-likeness (QED) is 0.239. The summed E-state index contributed by atoms with van der Waals surface area (Å²) in [4.78, 5) is 24.2. The van der Waals surface area contributed by atoms with Crippen molar-refractivity contribution >= 4 is 0 Å². The molecule has 6 nitrogen and oxygen atoms in total. The molecule has 2 atom stereocenters. The second-order valence-electron chi connectivity index (χ2n) is 4.05. The second kappa shape index (κ2) is 13.2. The third-order valence-corrected chi connectivity index (χ3v) is 2.28. The fraction of sp³-hybridized carbons (Fsp3) is 1.00. The van der Waals surface area contributed by atoms with Gasteiger partial charge >= 0.3 is 0 Å². The lowest BCUT2D eigenvalue weighted by molar-refractivity contribution is -0.462. The maximum absolute atomic E-state index is 8.43. The van der Waals surface area contributed by atoms with Crippen LogP contribution in [0, 0.1) is 0 Å². The van der Waals surface area contributed by atoms with E-state index in [4.69, 9.17) is 24.8 Å². The topological polar surface area (TPSA) is 66.4 Å². The number of hydrogen-bond donors (Lipinski definition) is 1.